The Hall–Kier alpha value is -4.24. The van der Waals surface area contributed by atoms with E-state index in [-0.39, 0.29) is 5.78 Å². The third-order valence-corrected chi connectivity index (χ3v) is 5.46. The smallest absolute Gasteiger partial charge is 0.152 e. The maximum absolute atomic E-state index is 11.2. The van der Waals surface area contributed by atoms with Crippen molar-refractivity contribution in [1.82, 2.24) is 9.38 Å². The Morgan fingerprint density at radius 1 is 0.750 bits per heavy atom. The van der Waals surface area contributed by atoms with E-state index in [1.165, 1.54) is 0 Å². The van der Waals surface area contributed by atoms with Crippen LogP contribution in [0.3, 0.4) is 0 Å². The van der Waals surface area contributed by atoms with Crippen molar-refractivity contribution in [3.05, 3.63) is 115 Å². The van der Waals surface area contributed by atoms with Crippen LogP contribution in [0.15, 0.2) is 109 Å². The van der Waals surface area contributed by atoms with E-state index >= 15 is 0 Å². The Morgan fingerprint density at radius 2 is 1.41 bits per heavy atom. The summed E-state index contributed by atoms with van der Waals surface area (Å²) < 4.78 is 2.11. The first-order valence-electron chi connectivity index (χ1n) is 10.6. The fourth-order valence-electron chi connectivity index (χ4n) is 3.83. The summed E-state index contributed by atoms with van der Waals surface area (Å²) >= 11 is 0. The Bertz CT molecular complexity index is 1410. The molecule has 0 amide bonds. The molecule has 0 saturated carbocycles. The summed E-state index contributed by atoms with van der Waals surface area (Å²) in [7, 11) is 0. The average molecular weight is 415 g/mol. The fourth-order valence-corrected chi connectivity index (χ4v) is 3.83. The molecule has 2 aromatic heterocycles. The number of rotatable bonds is 5. The van der Waals surface area contributed by atoms with Gasteiger partial charge in [0, 0.05) is 23.5 Å². The highest BCUT2D eigenvalue weighted by atomic mass is 16.1. The van der Waals surface area contributed by atoms with E-state index in [0.29, 0.717) is 0 Å². The Kier molecular flexibility index (Phi) is 5.22. The molecule has 5 rings (SSSR count). The van der Waals surface area contributed by atoms with Crippen molar-refractivity contribution in [3.8, 4) is 33.5 Å². The lowest BCUT2D eigenvalue weighted by Gasteiger charge is -2.09. The number of ketones is 1. The monoisotopic (exact) mass is 414 g/mol. The van der Waals surface area contributed by atoms with Crippen molar-refractivity contribution in [1.29, 1.82) is 0 Å². The van der Waals surface area contributed by atoms with Crippen molar-refractivity contribution in [3.63, 3.8) is 0 Å². The van der Waals surface area contributed by atoms with E-state index in [2.05, 4.69) is 71.4 Å². The van der Waals surface area contributed by atoms with Gasteiger partial charge in [-0.15, -0.1) is 0 Å². The average Bonchev–Trinajstić information content (AvgIpc) is 3.28. The van der Waals surface area contributed by atoms with Crippen LogP contribution in [-0.2, 0) is 4.79 Å². The van der Waals surface area contributed by atoms with E-state index in [1.54, 1.807) is 13.0 Å². The summed E-state index contributed by atoms with van der Waals surface area (Å²) in [6, 6.07) is 31.0. The summed E-state index contributed by atoms with van der Waals surface area (Å²) in [4.78, 5) is 16.2. The van der Waals surface area contributed by atoms with Gasteiger partial charge < -0.3 is 4.40 Å². The maximum Gasteiger partial charge on any atom is 0.152 e. The summed E-state index contributed by atoms with van der Waals surface area (Å²) in [5, 5.41) is 0. The maximum atomic E-state index is 11.2. The van der Waals surface area contributed by atoms with Gasteiger partial charge in [0.15, 0.2) is 5.78 Å². The third-order valence-electron chi connectivity index (χ3n) is 5.46. The van der Waals surface area contributed by atoms with Crippen molar-refractivity contribution in [2.75, 3.05) is 0 Å². The first kappa shape index (κ1) is 19.7. The predicted molar refractivity (Wildman–Crippen MR) is 131 cm³/mol. The molecule has 0 spiro atoms. The molecule has 3 heteroatoms. The van der Waals surface area contributed by atoms with Gasteiger partial charge in [0.2, 0.25) is 0 Å². The van der Waals surface area contributed by atoms with Gasteiger partial charge in [-0.1, -0.05) is 91.0 Å². The van der Waals surface area contributed by atoms with Crippen LogP contribution in [0.5, 0.6) is 0 Å². The van der Waals surface area contributed by atoms with Crippen molar-refractivity contribution >= 4 is 17.5 Å². The number of allylic oxidation sites excluding steroid dienone is 1. The van der Waals surface area contributed by atoms with Gasteiger partial charge in [-0.05, 0) is 41.3 Å². The molecule has 0 atom stereocenters. The van der Waals surface area contributed by atoms with Crippen molar-refractivity contribution < 1.29 is 4.79 Å². The zero-order valence-electron chi connectivity index (χ0n) is 17.8. The van der Waals surface area contributed by atoms with Gasteiger partial charge in [-0.3, -0.25) is 4.79 Å². The van der Waals surface area contributed by atoms with Crippen molar-refractivity contribution in [2.24, 2.45) is 0 Å². The molecule has 0 fully saturated rings. The van der Waals surface area contributed by atoms with Gasteiger partial charge in [0.05, 0.1) is 5.69 Å². The molecule has 3 nitrogen and oxygen atoms in total. The number of carbonyl (C=O) groups excluding carboxylic acids is 1. The van der Waals surface area contributed by atoms with Crippen LogP contribution in [0.1, 0.15) is 12.5 Å². The van der Waals surface area contributed by atoms with E-state index in [1.807, 2.05) is 42.5 Å². The van der Waals surface area contributed by atoms with Crippen LogP contribution in [-0.4, -0.2) is 15.2 Å². The van der Waals surface area contributed by atoms with Gasteiger partial charge in [-0.25, -0.2) is 4.98 Å². The summed E-state index contributed by atoms with van der Waals surface area (Å²) in [5.41, 5.74) is 8.38. The van der Waals surface area contributed by atoms with E-state index in [0.717, 1.165) is 44.7 Å². The zero-order chi connectivity index (χ0) is 21.9. The summed E-state index contributed by atoms with van der Waals surface area (Å²) in [5.74, 6) is 0.0391. The van der Waals surface area contributed by atoms with Gasteiger partial charge in [0.25, 0.3) is 0 Å². The minimum absolute atomic E-state index is 0.0391. The molecule has 154 valence electrons. The summed E-state index contributed by atoms with van der Waals surface area (Å²) in [6.45, 7) is 1.55. The number of carbonyl (C=O) groups is 1. The minimum atomic E-state index is 0.0391. The Balaban J connectivity index is 1.67. The second kappa shape index (κ2) is 8.48. The standard InChI is InChI=1S/C29H22N2O/c1-21(32)12-13-22-14-16-24(17-15-22)27-18-26(23-8-4-2-5-9-23)19-31-20-28(30-29(27)31)25-10-6-3-7-11-25/h2-20H,1H3. The molecule has 0 aliphatic heterocycles. The number of imidazole rings is 1. The topological polar surface area (TPSA) is 34.4 Å². The van der Waals surface area contributed by atoms with Gasteiger partial charge in [-0.2, -0.15) is 0 Å². The quantitative estimate of drug-likeness (QED) is 0.292. The first-order chi connectivity index (χ1) is 15.7. The molecule has 2 heterocycles. The molecule has 32 heavy (non-hydrogen) atoms. The normalized spacial score (nSPS) is 11.3. The Morgan fingerprint density at radius 3 is 2.06 bits per heavy atom. The number of aromatic nitrogens is 2. The number of hydrogen-bond donors (Lipinski definition) is 0. The van der Waals surface area contributed by atoms with E-state index in [4.69, 9.17) is 4.98 Å². The van der Waals surface area contributed by atoms with E-state index in [9.17, 15) is 4.79 Å². The molecule has 0 N–H and O–H groups in total. The van der Waals surface area contributed by atoms with Gasteiger partial charge in [0.1, 0.15) is 5.65 Å². The molecule has 0 bridgehead atoms. The van der Waals surface area contributed by atoms with Gasteiger partial charge >= 0.3 is 0 Å². The third kappa shape index (κ3) is 4.01. The van der Waals surface area contributed by atoms with Crippen LogP contribution in [0.25, 0.3) is 45.2 Å². The zero-order valence-corrected chi connectivity index (χ0v) is 17.8. The number of benzene rings is 3. The lowest BCUT2D eigenvalue weighted by atomic mass is 10.0. The molecule has 0 aliphatic rings. The molecule has 0 saturated heterocycles. The van der Waals surface area contributed by atoms with Crippen LogP contribution in [0.4, 0.5) is 0 Å². The molecular formula is C29H22N2O. The lowest BCUT2D eigenvalue weighted by Crippen LogP contribution is -1.91. The highest BCUT2D eigenvalue weighted by molar-refractivity contribution is 5.91. The predicted octanol–water partition coefficient (Wildman–Crippen LogP) is 6.94. The number of nitrogens with zero attached hydrogens (tertiary/aromatic N) is 2. The highest BCUT2D eigenvalue weighted by Crippen LogP contribution is 2.32. The van der Waals surface area contributed by atoms with E-state index < -0.39 is 0 Å². The fraction of sp³-hybridized carbons (Fsp3) is 0.0345. The molecule has 0 aliphatic carbocycles. The summed E-state index contributed by atoms with van der Waals surface area (Å²) in [6.07, 6.45) is 7.65. The number of pyridine rings is 1. The highest BCUT2D eigenvalue weighted by Gasteiger charge is 2.13. The molecule has 5 aromatic rings. The Labute approximate surface area is 187 Å². The largest absolute Gasteiger partial charge is 0.305 e. The molecular weight excluding hydrogens is 392 g/mol. The molecule has 0 radical (unpaired) electrons. The molecule has 0 unspecified atom stereocenters. The first-order valence-corrected chi connectivity index (χ1v) is 10.6. The second-order valence-corrected chi connectivity index (χ2v) is 7.80. The number of hydrogen-bond acceptors (Lipinski definition) is 2. The minimum Gasteiger partial charge on any atom is -0.305 e. The lowest BCUT2D eigenvalue weighted by molar-refractivity contribution is -0.112. The van der Waals surface area contributed by atoms with Crippen LogP contribution in [0, 0.1) is 0 Å². The van der Waals surface area contributed by atoms with Crippen LogP contribution >= 0.6 is 0 Å². The SMILES string of the molecule is CC(=O)C=Cc1ccc(-c2cc(-c3ccccc3)cn3cc(-c4ccccc4)nc23)cc1. The van der Waals surface area contributed by atoms with Crippen LogP contribution < -0.4 is 0 Å². The van der Waals surface area contributed by atoms with Crippen molar-refractivity contribution in [2.45, 2.75) is 6.92 Å². The number of fused-ring (bicyclic) bond motifs is 1. The second-order valence-electron chi connectivity index (χ2n) is 7.80. The molecule has 3 aromatic carbocycles. The van der Waals surface area contributed by atoms with Crippen LogP contribution in [0.2, 0.25) is 0 Å².